The fraction of sp³-hybridized carbons (Fsp3) is 0. The molecule has 1 aliphatic heterocycles. The Bertz CT molecular complexity index is 1110. The second kappa shape index (κ2) is 7.05. The molecule has 2 aromatic carbocycles. The van der Waals surface area contributed by atoms with E-state index in [2.05, 4.69) is 9.97 Å². The summed E-state index contributed by atoms with van der Waals surface area (Å²) < 4.78 is 23.1. The van der Waals surface area contributed by atoms with Crippen LogP contribution >= 0.6 is 0 Å². The molecule has 1 aliphatic rings. The molecule has 4 aromatic rings. The normalized spacial score (nSPS) is 12.0. The first-order valence-corrected chi connectivity index (χ1v) is 8.80. The minimum Gasteiger partial charge on any atom is -0.502 e. The average molecular weight is 386 g/mol. The summed E-state index contributed by atoms with van der Waals surface area (Å²) in [6.45, 7) is 0. The van der Waals surface area contributed by atoms with Gasteiger partial charge in [0.25, 0.3) is 0 Å². The molecule has 7 nitrogen and oxygen atoms in total. The molecule has 0 unspecified atom stereocenters. The van der Waals surface area contributed by atoms with Gasteiger partial charge >= 0.3 is 0 Å². The summed E-state index contributed by atoms with van der Waals surface area (Å²) in [5, 5.41) is 10.6. The number of para-hydroxylation sites is 1. The number of aromatic nitrogens is 2. The Kier molecular flexibility index (Phi) is 4.10. The first-order valence-electron chi connectivity index (χ1n) is 8.80. The standard InChI is InChI=1S/C22H14N2O5/c25-22-16-7-2-8-17(22)29-21-12-4-10-19(24-21)27-15-6-1-5-14(13-15)26-18-9-3-11-20(23-18)28-16/h1-13,25H. The van der Waals surface area contributed by atoms with Crippen LogP contribution in [-0.4, -0.2) is 15.1 Å². The molecular weight excluding hydrogens is 372 g/mol. The fourth-order valence-electron chi connectivity index (χ4n) is 2.75. The van der Waals surface area contributed by atoms with Crippen LogP contribution in [0.25, 0.3) is 0 Å². The zero-order valence-corrected chi connectivity index (χ0v) is 15.0. The summed E-state index contributed by atoms with van der Waals surface area (Å²) in [6.07, 6.45) is 0. The fourth-order valence-corrected chi connectivity index (χ4v) is 2.75. The largest absolute Gasteiger partial charge is 0.502 e. The van der Waals surface area contributed by atoms with Gasteiger partial charge in [-0.3, -0.25) is 0 Å². The number of hydrogen-bond donors (Lipinski definition) is 1. The van der Waals surface area contributed by atoms with Crippen molar-refractivity contribution in [2.45, 2.75) is 0 Å². The highest BCUT2D eigenvalue weighted by atomic mass is 16.5. The van der Waals surface area contributed by atoms with Gasteiger partial charge in [0.2, 0.25) is 29.3 Å². The Balaban J connectivity index is 1.63. The Morgan fingerprint density at radius 1 is 0.517 bits per heavy atom. The highest BCUT2D eigenvalue weighted by Crippen LogP contribution is 2.40. The van der Waals surface area contributed by atoms with Gasteiger partial charge in [0.15, 0.2) is 11.5 Å². The highest BCUT2D eigenvalue weighted by Gasteiger charge is 2.14. The first-order chi connectivity index (χ1) is 14.2. The summed E-state index contributed by atoms with van der Waals surface area (Å²) in [5.41, 5.74) is 0. The van der Waals surface area contributed by atoms with Crippen molar-refractivity contribution in [2.75, 3.05) is 0 Å². The molecule has 0 saturated carbocycles. The molecule has 1 N–H and O–H groups in total. The van der Waals surface area contributed by atoms with Crippen molar-refractivity contribution in [2.24, 2.45) is 0 Å². The Morgan fingerprint density at radius 2 is 0.931 bits per heavy atom. The molecule has 5 rings (SSSR count). The van der Waals surface area contributed by atoms with Crippen LogP contribution in [0.2, 0.25) is 0 Å². The summed E-state index contributed by atoms with van der Waals surface area (Å²) in [6, 6.07) is 22.2. The van der Waals surface area contributed by atoms with Crippen LogP contribution < -0.4 is 18.9 Å². The number of fused-ring (bicyclic) bond motifs is 8. The summed E-state index contributed by atoms with van der Waals surface area (Å²) in [5.74, 6) is 2.46. The maximum Gasteiger partial charge on any atom is 0.222 e. The first kappa shape index (κ1) is 16.9. The van der Waals surface area contributed by atoms with Gasteiger partial charge in [0.05, 0.1) is 0 Å². The van der Waals surface area contributed by atoms with Crippen molar-refractivity contribution in [3.8, 4) is 52.3 Å². The van der Waals surface area contributed by atoms with E-state index in [0.717, 1.165) is 0 Å². The second-order valence-electron chi connectivity index (χ2n) is 6.11. The molecule has 0 radical (unpaired) electrons. The molecule has 0 atom stereocenters. The monoisotopic (exact) mass is 386 g/mol. The van der Waals surface area contributed by atoms with Gasteiger partial charge in [-0.15, -0.1) is 0 Å². The Hall–Kier alpha value is -4.26. The number of aromatic hydroxyl groups is 1. The predicted molar refractivity (Wildman–Crippen MR) is 103 cm³/mol. The van der Waals surface area contributed by atoms with E-state index in [0.29, 0.717) is 23.3 Å². The van der Waals surface area contributed by atoms with Gasteiger partial charge in [-0.25, -0.2) is 0 Å². The topological polar surface area (TPSA) is 82.9 Å². The number of pyridine rings is 2. The lowest BCUT2D eigenvalue weighted by atomic mass is 10.3. The van der Waals surface area contributed by atoms with Gasteiger partial charge in [-0.2, -0.15) is 9.97 Å². The van der Waals surface area contributed by atoms with Crippen LogP contribution in [0.4, 0.5) is 0 Å². The zero-order valence-electron chi connectivity index (χ0n) is 15.0. The van der Waals surface area contributed by atoms with Crippen LogP contribution in [-0.2, 0) is 0 Å². The van der Waals surface area contributed by atoms with Crippen molar-refractivity contribution in [1.82, 2.24) is 9.97 Å². The van der Waals surface area contributed by atoms with Crippen molar-refractivity contribution in [3.63, 3.8) is 0 Å². The molecule has 0 amide bonds. The number of phenolic OH excluding ortho intramolecular Hbond substituents is 1. The van der Waals surface area contributed by atoms with Crippen LogP contribution in [0.15, 0.2) is 78.9 Å². The molecule has 8 bridgehead atoms. The maximum absolute atomic E-state index is 10.6. The van der Waals surface area contributed by atoms with Crippen LogP contribution in [0.5, 0.6) is 52.3 Å². The lowest BCUT2D eigenvalue weighted by Crippen LogP contribution is -1.95. The molecule has 29 heavy (non-hydrogen) atoms. The van der Waals surface area contributed by atoms with E-state index < -0.39 is 0 Å². The Morgan fingerprint density at radius 3 is 1.45 bits per heavy atom. The molecule has 7 heteroatoms. The SMILES string of the molecule is Oc1c2cccc1Oc1cccc(n1)Oc1cccc(c1)Oc1cccc(n1)O2. The van der Waals surface area contributed by atoms with E-state index in [1.165, 1.54) is 0 Å². The number of ether oxygens (including phenoxy) is 4. The number of hydrogen-bond acceptors (Lipinski definition) is 7. The molecule has 0 spiro atoms. The molecular formula is C22H14N2O5. The van der Waals surface area contributed by atoms with Crippen LogP contribution in [0, 0.1) is 0 Å². The molecule has 142 valence electrons. The van der Waals surface area contributed by atoms with Crippen LogP contribution in [0.1, 0.15) is 0 Å². The van der Waals surface area contributed by atoms with E-state index in [1.807, 2.05) is 0 Å². The average Bonchev–Trinajstić information content (AvgIpc) is 2.71. The van der Waals surface area contributed by atoms with Crippen molar-refractivity contribution in [1.29, 1.82) is 0 Å². The molecule has 0 saturated heterocycles. The molecule has 0 aliphatic carbocycles. The minimum atomic E-state index is -0.175. The van der Waals surface area contributed by atoms with Crippen molar-refractivity contribution in [3.05, 3.63) is 78.9 Å². The molecule has 3 heterocycles. The summed E-state index contributed by atoms with van der Waals surface area (Å²) >= 11 is 0. The lowest BCUT2D eigenvalue weighted by Gasteiger charge is -2.13. The third-order valence-electron chi connectivity index (χ3n) is 4.04. The smallest absolute Gasteiger partial charge is 0.222 e. The van der Waals surface area contributed by atoms with E-state index in [9.17, 15) is 5.11 Å². The van der Waals surface area contributed by atoms with Gasteiger partial charge in [0, 0.05) is 30.3 Å². The molecule has 0 fully saturated rings. The highest BCUT2D eigenvalue weighted by molar-refractivity contribution is 5.52. The minimum absolute atomic E-state index is 0.175. The number of nitrogens with zero attached hydrogens (tertiary/aromatic N) is 2. The Labute approximate surface area is 165 Å². The van der Waals surface area contributed by atoms with Crippen molar-refractivity contribution < 1.29 is 24.1 Å². The second-order valence-corrected chi connectivity index (χ2v) is 6.11. The number of phenols is 1. The van der Waals surface area contributed by atoms with Crippen LogP contribution in [0.3, 0.4) is 0 Å². The third-order valence-corrected chi connectivity index (χ3v) is 4.04. The lowest BCUT2D eigenvalue weighted by molar-refractivity contribution is 0.362. The summed E-state index contributed by atoms with van der Waals surface area (Å²) in [4.78, 5) is 8.65. The zero-order chi connectivity index (χ0) is 19.6. The third kappa shape index (κ3) is 3.61. The van der Waals surface area contributed by atoms with E-state index in [4.69, 9.17) is 18.9 Å². The van der Waals surface area contributed by atoms with E-state index >= 15 is 0 Å². The van der Waals surface area contributed by atoms with Gasteiger partial charge in [-0.1, -0.05) is 24.3 Å². The quantitative estimate of drug-likeness (QED) is 0.367. The van der Waals surface area contributed by atoms with Gasteiger partial charge in [0.1, 0.15) is 11.5 Å². The van der Waals surface area contributed by atoms with Gasteiger partial charge in [-0.05, 0) is 24.3 Å². The van der Waals surface area contributed by atoms with E-state index in [1.54, 1.807) is 78.9 Å². The van der Waals surface area contributed by atoms with E-state index in [-0.39, 0.29) is 29.0 Å². The molecule has 2 aromatic heterocycles. The van der Waals surface area contributed by atoms with Gasteiger partial charge < -0.3 is 24.1 Å². The summed E-state index contributed by atoms with van der Waals surface area (Å²) in [7, 11) is 0. The maximum atomic E-state index is 10.6. The number of benzene rings is 2. The predicted octanol–water partition coefficient (Wildman–Crippen LogP) is 5.66. The van der Waals surface area contributed by atoms with Crippen molar-refractivity contribution >= 4 is 0 Å². The number of rotatable bonds is 0.